The normalized spacial score (nSPS) is 17.9. The lowest BCUT2D eigenvalue weighted by atomic mass is 9.97. The van der Waals surface area contributed by atoms with Crippen molar-refractivity contribution in [1.29, 1.82) is 0 Å². The third-order valence-electron chi connectivity index (χ3n) is 3.58. The number of nitrogens with zero attached hydrogens (tertiary/aromatic N) is 1. The number of aryl methyl sites for hydroxylation is 1. The minimum Gasteiger partial charge on any atom is -0.352 e. The fourth-order valence-electron chi connectivity index (χ4n) is 2.22. The number of hydrogen-bond acceptors (Lipinski definition) is 2. The molecule has 1 aromatic carbocycles. The van der Waals surface area contributed by atoms with Crippen molar-refractivity contribution in [2.45, 2.75) is 26.3 Å². The molecule has 1 saturated heterocycles. The highest BCUT2D eigenvalue weighted by Gasteiger charge is 2.41. The van der Waals surface area contributed by atoms with Crippen molar-refractivity contribution in [2.75, 3.05) is 13.1 Å². The predicted octanol–water partition coefficient (Wildman–Crippen LogP) is 1.62. The molecule has 20 heavy (non-hydrogen) atoms. The van der Waals surface area contributed by atoms with Gasteiger partial charge in [-0.05, 0) is 32.4 Å². The van der Waals surface area contributed by atoms with Crippen LogP contribution in [0.25, 0.3) is 0 Å². The lowest BCUT2D eigenvalue weighted by Crippen LogP contribution is -2.63. The van der Waals surface area contributed by atoms with Gasteiger partial charge in [0.2, 0.25) is 5.91 Å². The summed E-state index contributed by atoms with van der Waals surface area (Å²) in [5.74, 6) is -2.52. The summed E-state index contributed by atoms with van der Waals surface area (Å²) in [5.41, 5.74) is -1.09. The third kappa shape index (κ3) is 2.26. The molecule has 0 aliphatic carbocycles. The highest BCUT2D eigenvalue weighted by molar-refractivity contribution is 6.00. The van der Waals surface area contributed by atoms with E-state index in [0.29, 0.717) is 12.6 Å². The molecule has 0 spiro atoms. The average Bonchev–Trinajstić information content (AvgIpc) is 2.36. The summed E-state index contributed by atoms with van der Waals surface area (Å²) >= 11 is 0. The zero-order valence-corrected chi connectivity index (χ0v) is 11.6. The Kier molecular flexibility index (Phi) is 3.50. The summed E-state index contributed by atoms with van der Waals surface area (Å²) < 4.78 is 27.0. The summed E-state index contributed by atoms with van der Waals surface area (Å²) in [4.78, 5) is 25.5. The molecule has 108 valence electrons. The van der Waals surface area contributed by atoms with Gasteiger partial charge in [-0.2, -0.15) is 0 Å². The van der Waals surface area contributed by atoms with Crippen LogP contribution in [0.4, 0.5) is 8.78 Å². The van der Waals surface area contributed by atoms with Gasteiger partial charge in [-0.15, -0.1) is 0 Å². The first kappa shape index (κ1) is 14.4. The van der Waals surface area contributed by atoms with Gasteiger partial charge in [0.25, 0.3) is 5.91 Å². The lowest BCUT2D eigenvalue weighted by molar-refractivity contribution is -0.133. The number of piperazine rings is 1. The molecule has 1 fully saturated rings. The van der Waals surface area contributed by atoms with E-state index >= 15 is 0 Å². The van der Waals surface area contributed by atoms with Crippen LogP contribution in [0.5, 0.6) is 0 Å². The van der Waals surface area contributed by atoms with Crippen LogP contribution in [0.2, 0.25) is 0 Å². The van der Waals surface area contributed by atoms with Crippen molar-refractivity contribution in [3.05, 3.63) is 34.9 Å². The quantitative estimate of drug-likeness (QED) is 0.851. The smallest absolute Gasteiger partial charge is 0.257 e. The number of carbonyl (C=O) groups is 2. The number of benzene rings is 1. The first-order valence-electron chi connectivity index (χ1n) is 6.31. The number of halogens is 2. The molecule has 2 rings (SSSR count). The van der Waals surface area contributed by atoms with Gasteiger partial charge in [-0.25, -0.2) is 8.78 Å². The van der Waals surface area contributed by atoms with Gasteiger partial charge in [0, 0.05) is 19.2 Å². The maximum Gasteiger partial charge on any atom is 0.257 e. The first-order chi connectivity index (χ1) is 9.25. The SMILES string of the molecule is Cc1cc(C(=O)N2CCNC(=O)C2(C)C)c(F)cc1F. The van der Waals surface area contributed by atoms with Crippen LogP contribution in [0.3, 0.4) is 0 Å². The van der Waals surface area contributed by atoms with Gasteiger partial charge in [-0.3, -0.25) is 9.59 Å². The highest BCUT2D eigenvalue weighted by atomic mass is 19.1. The van der Waals surface area contributed by atoms with E-state index in [-0.39, 0.29) is 23.6 Å². The second-order valence-corrected chi connectivity index (χ2v) is 5.35. The van der Waals surface area contributed by atoms with Gasteiger partial charge in [0.05, 0.1) is 5.56 Å². The number of amides is 2. The van der Waals surface area contributed by atoms with Crippen LogP contribution in [-0.4, -0.2) is 35.3 Å². The molecule has 2 amide bonds. The van der Waals surface area contributed by atoms with Gasteiger partial charge in [-0.1, -0.05) is 0 Å². The van der Waals surface area contributed by atoms with E-state index in [9.17, 15) is 18.4 Å². The maximum atomic E-state index is 13.8. The molecule has 0 bridgehead atoms. The summed E-state index contributed by atoms with van der Waals surface area (Å²) in [6, 6.07) is 1.87. The summed E-state index contributed by atoms with van der Waals surface area (Å²) in [5, 5.41) is 2.66. The van der Waals surface area contributed by atoms with E-state index in [0.717, 1.165) is 0 Å². The molecular formula is C14H16F2N2O2. The molecule has 1 N–H and O–H groups in total. The number of hydrogen-bond donors (Lipinski definition) is 1. The standard InChI is InChI=1S/C14H16F2N2O2/c1-8-6-9(11(16)7-10(8)15)12(19)18-5-4-17-13(20)14(18,2)3/h6-7H,4-5H2,1-3H3,(H,17,20). The van der Waals surface area contributed by atoms with Gasteiger partial charge < -0.3 is 10.2 Å². The Bertz CT molecular complexity index is 585. The highest BCUT2D eigenvalue weighted by Crippen LogP contribution is 2.23. The largest absolute Gasteiger partial charge is 0.352 e. The number of rotatable bonds is 1. The summed E-state index contributed by atoms with van der Waals surface area (Å²) in [6.07, 6.45) is 0. The lowest BCUT2D eigenvalue weighted by Gasteiger charge is -2.41. The van der Waals surface area contributed by atoms with Crippen molar-refractivity contribution in [3.63, 3.8) is 0 Å². The molecule has 4 nitrogen and oxygen atoms in total. The molecule has 1 aliphatic rings. The summed E-state index contributed by atoms with van der Waals surface area (Å²) in [7, 11) is 0. The van der Waals surface area contributed by atoms with Crippen LogP contribution in [-0.2, 0) is 4.79 Å². The zero-order valence-electron chi connectivity index (χ0n) is 11.6. The van der Waals surface area contributed by atoms with E-state index in [2.05, 4.69) is 5.32 Å². The van der Waals surface area contributed by atoms with Crippen molar-refractivity contribution in [3.8, 4) is 0 Å². The van der Waals surface area contributed by atoms with Crippen molar-refractivity contribution < 1.29 is 18.4 Å². The second kappa shape index (κ2) is 4.85. The van der Waals surface area contributed by atoms with E-state index in [1.54, 1.807) is 13.8 Å². The minimum absolute atomic E-state index is 0.189. The Morgan fingerprint density at radius 1 is 1.30 bits per heavy atom. The predicted molar refractivity (Wildman–Crippen MR) is 69.2 cm³/mol. The van der Waals surface area contributed by atoms with Crippen LogP contribution >= 0.6 is 0 Å². The minimum atomic E-state index is -1.07. The van der Waals surface area contributed by atoms with E-state index in [1.807, 2.05) is 0 Å². The Morgan fingerprint density at radius 2 is 1.95 bits per heavy atom. The van der Waals surface area contributed by atoms with Crippen molar-refractivity contribution >= 4 is 11.8 Å². The molecule has 0 atom stereocenters. The molecule has 0 aromatic heterocycles. The topological polar surface area (TPSA) is 49.4 Å². The Labute approximate surface area is 115 Å². The van der Waals surface area contributed by atoms with E-state index in [1.165, 1.54) is 17.9 Å². The first-order valence-corrected chi connectivity index (χ1v) is 6.31. The van der Waals surface area contributed by atoms with Crippen molar-refractivity contribution in [1.82, 2.24) is 10.2 Å². The van der Waals surface area contributed by atoms with Gasteiger partial charge in [0.15, 0.2) is 0 Å². The Hall–Kier alpha value is -1.98. The molecule has 1 heterocycles. The van der Waals surface area contributed by atoms with Crippen LogP contribution < -0.4 is 5.32 Å². The fourth-order valence-corrected chi connectivity index (χ4v) is 2.22. The van der Waals surface area contributed by atoms with Gasteiger partial charge in [0.1, 0.15) is 17.2 Å². The van der Waals surface area contributed by atoms with Gasteiger partial charge >= 0.3 is 0 Å². The molecular weight excluding hydrogens is 266 g/mol. The molecule has 0 saturated carbocycles. The molecule has 1 aromatic rings. The van der Waals surface area contributed by atoms with E-state index < -0.39 is 23.1 Å². The van der Waals surface area contributed by atoms with Crippen LogP contribution in [0.1, 0.15) is 29.8 Å². The average molecular weight is 282 g/mol. The molecule has 1 aliphatic heterocycles. The maximum absolute atomic E-state index is 13.8. The van der Waals surface area contributed by atoms with Crippen molar-refractivity contribution in [2.24, 2.45) is 0 Å². The summed E-state index contributed by atoms with van der Waals surface area (Å²) in [6.45, 7) is 5.24. The molecule has 0 radical (unpaired) electrons. The molecule has 6 heteroatoms. The van der Waals surface area contributed by atoms with Crippen LogP contribution in [0.15, 0.2) is 12.1 Å². The number of nitrogens with one attached hydrogen (secondary N) is 1. The molecule has 0 unspecified atom stereocenters. The number of carbonyl (C=O) groups excluding carboxylic acids is 2. The van der Waals surface area contributed by atoms with Crippen LogP contribution in [0, 0.1) is 18.6 Å². The third-order valence-corrected chi connectivity index (χ3v) is 3.58. The van der Waals surface area contributed by atoms with E-state index in [4.69, 9.17) is 0 Å². The zero-order chi connectivity index (χ0) is 15.1. The second-order valence-electron chi connectivity index (χ2n) is 5.35. The fraction of sp³-hybridized carbons (Fsp3) is 0.429. The monoisotopic (exact) mass is 282 g/mol. The Balaban J connectivity index is 2.41. The Morgan fingerprint density at radius 3 is 2.60 bits per heavy atom.